The molecule has 0 bridgehead atoms. The molecule has 0 spiro atoms. The number of hydrogen-bond donors (Lipinski definition) is 2. The minimum atomic E-state index is -0.314. The summed E-state index contributed by atoms with van der Waals surface area (Å²) in [6.45, 7) is 1.90. The second kappa shape index (κ2) is 10.0. The number of carbonyl (C=O) groups excluding carboxylic acids is 2. The molecule has 0 aliphatic carbocycles. The summed E-state index contributed by atoms with van der Waals surface area (Å²) in [7, 11) is 1.56. The maximum absolute atomic E-state index is 12.3. The molecule has 7 heteroatoms. The van der Waals surface area contributed by atoms with Crippen LogP contribution in [0.25, 0.3) is 0 Å². The molecule has 2 N–H and O–H groups in total. The lowest BCUT2D eigenvalue weighted by atomic mass is 10.1. The van der Waals surface area contributed by atoms with Gasteiger partial charge in [-0.25, -0.2) is 0 Å². The standard InChI is InChI=1S/C17H24N2O5/c1-22-9-10-23-12-16(20)19-15-7-3-2-6-14(15)17(21)18-11-13-5-4-8-24-13/h2-3,6-7,13H,4-5,8-12H2,1H3,(H,18,21)(H,19,20). The quantitative estimate of drug-likeness (QED) is 0.662. The van der Waals surface area contributed by atoms with Gasteiger partial charge < -0.3 is 24.8 Å². The van der Waals surface area contributed by atoms with Gasteiger partial charge in [0.2, 0.25) is 5.91 Å². The van der Waals surface area contributed by atoms with E-state index in [1.165, 1.54) is 0 Å². The largest absolute Gasteiger partial charge is 0.382 e. The molecule has 1 fully saturated rings. The van der Waals surface area contributed by atoms with Crippen molar-refractivity contribution < 1.29 is 23.8 Å². The van der Waals surface area contributed by atoms with Crippen molar-refractivity contribution in [2.45, 2.75) is 18.9 Å². The molecule has 1 aromatic carbocycles. The Kier molecular flexibility index (Phi) is 7.67. The number of nitrogens with one attached hydrogen (secondary N) is 2. The second-order valence-electron chi connectivity index (χ2n) is 5.48. The average molecular weight is 336 g/mol. The summed E-state index contributed by atoms with van der Waals surface area (Å²) in [5, 5.41) is 5.55. The summed E-state index contributed by atoms with van der Waals surface area (Å²) in [5.41, 5.74) is 0.878. The van der Waals surface area contributed by atoms with Gasteiger partial charge in [-0.3, -0.25) is 9.59 Å². The Morgan fingerprint density at radius 2 is 2.12 bits per heavy atom. The summed E-state index contributed by atoms with van der Waals surface area (Å²) in [5.74, 6) is -0.549. The summed E-state index contributed by atoms with van der Waals surface area (Å²) in [6, 6.07) is 6.88. The maximum atomic E-state index is 12.3. The predicted octanol–water partition coefficient (Wildman–Crippen LogP) is 1.20. The van der Waals surface area contributed by atoms with Gasteiger partial charge in [-0.15, -0.1) is 0 Å². The van der Waals surface area contributed by atoms with Crippen molar-refractivity contribution >= 4 is 17.5 Å². The SMILES string of the molecule is COCCOCC(=O)Nc1ccccc1C(=O)NCC1CCCO1. The van der Waals surface area contributed by atoms with E-state index < -0.39 is 0 Å². The van der Waals surface area contributed by atoms with Crippen molar-refractivity contribution in [1.29, 1.82) is 0 Å². The third-order valence-corrected chi connectivity index (χ3v) is 3.63. The fourth-order valence-electron chi connectivity index (χ4n) is 2.39. The van der Waals surface area contributed by atoms with E-state index in [9.17, 15) is 9.59 Å². The number of amides is 2. The van der Waals surface area contributed by atoms with Gasteiger partial charge in [0.1, 0.15) is 6.61 Å². The fourth-order valence-corrected chi connectivity index (χ4v) is 2.39. The van der Waals surface area contributed by atoms with Crippen LogP contribution in [0, 0.1) is 0 Å². The van der Waals surface area contributed by atoms with E-state index in [0.29, 0.717) is 31.0 Å². The molecular formula is C17H24N2O5. The Balaban J connectivity index is 1.86. The number of carbonyl (C=O) groups is 2. The van der Waals surface area contributed by atoms with Crippen LogP contribution in [-0.2, 0) is 19.0 Å². The Hall–Kier alpha value is -1.96. The third kappa shape index (κ3) is 5.92. The minimum Gasteiger partial charge on any atom is -0.382 e. The first kappa shape index (κ1) is 18.4. The highest BCUT2D eigenvalue weighted by molar-refractivity contribution is 6.03. The maximum Gasteiger partial charge on any atom is 0.253 e. The van der Waals surface area contributed by atoms with Gasteiger partial charge in [0.05, 0.1) is 30.6 Å². The molecule has 1 saturated heterocycles. The molecule has 2 rings (SSSR count). The van der Waals surface area contributed by atoms with Crippen molar-refractivity contribution in [2.75, 3.05) is 45.4 Å². The van der Waals surface area contributed by atoms with Crippen molar-refractivity contribution in [2.24, 2.45) is 0 Å². The third-order valence-electron chi connectivity index (χ3n) is 3.63. The molecule has 1 heterocycles. The van der Waals surface area contributed by atoms with E-state index in [2.05, 4.69) is 10.6 Å². The van der Waals surface area contributed by atoms with E-state index in [1.807, 2.05) is 0 Å². The van der Waals surface area contributed by atoms with Crippen LogP contribution in [0.5, 0.6) is 0 Å². The molecule has 1 aliphatic rings. The van der Waals surface area contributed by atoms with E-state index in [0.717, 1.165) is 19.4 Å². The zero-order valence-corrected chi connectivity index (χ0v) is 13.9. The van der Waals surface area contributed by atoms with Crippen LogP contribution in [-0.4, -0.2) is 58.0 Å². The van der Waals surface area contributed by atoms with E-state index in [4.69, 9.17) is 14.2 Å². The number of para-hydroxylation sites is 1. The Morgan fingerprint density at radius 1 is 1.29 bits per heavy atom. The molecule has 2 amide bonds. The molecule has 132 valence electrons. The number of ether oxygens (including phenoxy) is 3. The molecule has 1 atom stereocenters. The first-order valence-electron chi connectivity index (χ1n) is 8.06. The molecule has 1 aromatic rings. The lowest BCUT2D eigenvalue weighted by molar-refractivity contribution is -0.121. The molecule has 0 aromatic heterocycles. The van der Waals surface area contributed by atoms with Crippen LogP contribution in [0.4, 0.5) is 5.69 Å². The summed E-state index contributed by atoms with van der Waals surface area (Å²) < 4.78 is 15.5. The zero-order chi connectivity index (χ0) is 17.2. The Labute approximate surface area is 141 Å². The van der Waals surface area contributed by atoms with Crippen LogP contribution in [0.15, 0.2) is 24.3 Å². The van der Waals surface area contributed by atoms with E-state index in [1.54, 1.807) is 31.4 Å². The highest BCUT2D eigenvalue weighted by atomic mass is 16.5. The zero-order valence-electron chi connectivity index (χ0n) is 13.9. The monoisotopic (exact) mass is 336 g/mol. The van der Waals surface area contributed by atoms with Gasteiger partial charge in [-0.2, -0.15) is 0 Å². The van der Waals surface area contributed by atoms with Crippen LogP contribution in [0.1, 0.15) is 23.2 Å². The van der Waals surface area contributed by atoms with Gasteiger partial charge in [0.15, 0.2) is 0 Å². The van der Waals surface area contributed by atoms with Gasteiger partial charge in [0.25, 0.3) is 5.91 Å². The van der Waals surface area contributed by atoms with Gasteiger partial charge in [-0.1, -0.05) is 12.1 Å². The number of anilines is 1. The molecule has 7 nitrogen and oxygen atoms in total. The highest BCUT2D eigenvalue weighted by Gasteiger charge is 2.18. The van der Waals surface area contributed by atoms with Crippen molar-refractivity contribution in [3.8, 4) is 0 Å². The molecular weight excluding hydrogens is 312 g/mol. The number of benzene rings is 1. The second-order valence-corrected chi connectivity index (χ2v) is 5.48. The van der Waals surface area contributed by atoms with Gasteiger partial charge >= 0.3 is 0 Å². The van der Waals surface area contributed by atoms with E-state index >= 15 is 0 Å². The Morgan fingerprint density at radius 3 is 2.88 bits per heavy atom. The van der Waals surface area contributed by atoms with E-state index in [-0.39, 0.29) is 24.5 Å². The number of rotatable bonds is 9. The average Bonchev–Trinajstić information content (AvgIpc) is 3.10. The highest BCUT2D eigenvalue weighted by Crippen LogP contribution is 2.16. The molecule has 0 saturated carbocycles. The van der Waals surface area contributed by atoms with Crippen LogP contribution in [0.3, 0.4) is 0 Å². The predicted molar refractivity (Wildman–Crippen MR) is 89.1 cm³/mol. The van der Waals surface area contributed by atoms with Crippen molar-refractivity contribution in [3.05, 3.63) is 29.8 Å². The molecule has 0 radical (unpaired) electrons. The van der Waals surface area contributed by atoms with Gasteiger partial charge in [0, 0.05) is 20.3 Å². The number of methoxy groups -OCH3 is 1. The van der Waals surface area contributed by atoms with Crippen molar-refractivity contribution in [1.82, 2.24) is 5.32 Å². The fraction of sp³-hybridized carbons (Fsp3) is 0.529. The van der Waals surface area contributed by atoms with Crippen LogP contribution < -0.4 is 10.6 Å². The normalized spacial score (nSPS) is 16.8. The summed E-state index contributed by atoms with van der Waals surface area (Å²) in [6.07, 6.45) is 2.05. The summed E-state index contributed by atoms with van der Waals surface area (Å²) >= 11 is 0. The first-order valence-corrected chi connectivity index (χ1v) is 8.06. The Bertz CT molecular complexity index is 544. The molecule has 24 heavy (non-hydrogen) atoms. The van der Waals surface area contributed by atoms with Crippen molar-refractivity contribution in [3.63, 3.8) is 0 Å². The van der Waals surface area contributed by atoms with Gasteiger partial charge in [-0.05, 0) is 25.0 Å². The lowest BCUT2D eigenvalue weighted by Gasteiger charge is -2.14. The minimum absolute atomic E-state index is 0.0740. The van der Waals surface area contributed by atoms with Crippen LogP contribution >= 0.6 is 0 Å². The van der Waals surface area contributed by atoms with Crippen LogP contribution in [0.2, 0.25) is 0 Å². The topological polar surface area (TPSA) is 85.9 Å². The number of hydrogen-bond acceptors (Lipinski definition) is 5. The smallest absolute Gasteiger partial charge is 0.253 e. The summed E-state index contributed by atoms with van der Waals surface area (Å²) in [4.78, 5) is 24.2. The molecule has 1 unspecified atom stereocenters. The molecule has 1 aliphatic heterocycles. The lowest BCUT2D eigenvalue weighted by Crippen LogP contribution is -2.32. The first-order chi connectivity index (χ1) is 11.7.